The average Bonchev–Trinajstić information content (AvgIpc) is 2.61. The van der Waals surface area contributed by atoms with Crippen LogP contribution < -0.4 is 15.4 Å². The Kier molecular flexibility index (Phi) is 6.79. The van der Waals surface area contributed by atoms with E-state index in [-0.39, 0.29) is 18.4 Å². The monoisotopic (exact) mass is 328 g/mol. The molecule has 6 heteroatoms. The Labute approximate surface area is 140 Å². The lowest BCUT2D eigenvalue weighted by atomic mass is 10.2. The molecule has 2 rings (SSSR count). The topological polar surface area (TPSA) is 76.7 Å². The standard InChI is InChI=1S/C18H20N2O4/c1-23-12-11-19-17(21)13-20-18(22)15-9-5-6-10-16(15)24-14-7-3-2-4-8-14/h2-10H,11-13H2,1H3,(H,19,21)(H,20,22). The van der Waals surface area contributed by atoms with Crippen LogP contribution in [0.25, 0.3) is 0 Å². The molecule has 0 saturated carbocycles. The zero-order chi connectivity index (χ0) is 17.2. The zero-order valence-corrected chi connectivity index (χ0v) is 13.5. The quantitative estimate of drug-likeness (QED) is 0.727. The number of methoxy groups -OCH3 is 1. The first-order valence-electron chi connectivity index (χ1n) is 7.56. The molecule has 126 valence electrons. The normalized spacial score (nSPS) is 10.0. The van der Waals surface area contributed by atoms with E-state index in [1.165, 1.54) is 0 Å². The van der Waals surface area contributed by atoms with E-state index in [1.54, 1.807) is 43.5 Å². The lowest BCUT2D eigenvalue weighted by Gasteiger charge is -2.11. The summed E-state index contributed by atoms with van der Waals surface area (Å²) in [5, 5.41) is 5.21. The van der Waals surface area contributed by atoms with Crippen molar-refractivity contribution in [1.29, 1.82) is 0 Å². The van der Waals surface area contributed by atoms with Gasteiger partial charge in [-0.1, -0.05) is 30.3 Å². The van der Waals surface area contributed by atoms with E-state index in [0.717, 1.165) is 0 Å². The third kappa shape index (κ3) is 5.40. The molecule has 0 spiro atoms. The van der Waals surface area contributed by atoms with Gasteiger partial charge >= 0.3 is 0 Å². The second-order valence-corrected chi connectivity index (χ2v) is 4.94. The molecule has 0 heterocycles. The van der Waals surface area contributed by atoms with Crippen molar-refractivity contribution in [2.24, 2.45) is 0 Å². The molecule has 6 nitrogen and oxygen atoms in total. The molecular weight excluding hydrogens is 308 g/mol. The maximum absolute atomic E-state index is 12.3. The van der Waals surface area contributed by atoms with Crippen LogP contribution in [0, 0.1) is 0 Å². The van der Waals surface area contributed by atoms with Gasteiger partial charge in [0.1, 0.15) is 11.5 Å². The van der Waals surface area contributed by atoms with Crippen LogP contribution in [0.2, 0.25) is 0 Å². The van der Waals surface area contributed by atoms with Crippen molar-refractivity contribution in [2.45, 2.75) is 0 Å². The van der Waals surface area contributed by atoms with E-state index in [4.69, 9.17) is 9.47 Å². The summed E-state index contributed by atoms with van der Waals surface area (Å²) in [6, 6.07) is 16.1. The second-order valence-electron chi connectivity index (χ2n) is 4.94. The number of benzene rings is 2. The van der Waals surface area contributed by atoms with Gasteiger partial charge in [-0.05, 0) is 24.3 Å². The molecule has 2 aromatic carbocycles. The van der Waals surface area contributed by atoms with Crippen molar-refractivity contribution in [3.05, 3.63) is 60.2 Å². The summed E-state index contributed by atoms with van der Waals surface area (Å²) >= 11 is 0. The fourth-order valence-corrected chi connectivity index (χ4v) is 1.97. The van der Waals surface area contributed by atoms with E-state index in [1.807, 2.05) is 18.2 Å². The van der Waals surface area contributed by atoms with Crippen molar-refractivity contribution in [3.8, 4) is 11.5 Å². The zero-order valence-electron chi connectivity index (χ0n) is 13.5. The summed E-state index contributed by atoms with van der Waals surface area (Å²) in [4.78, 5) is 23.9. The van der Waals surface area contributed by atoms with Crippen LogP contribution in [0.4, 0.5) is 0 Å². The van der Waals surface area contributed by atoms with E-state index in [2.05, 4.69) is 10.6 Å². The minimum absolute atomic E-state index is 0.109. The van der Waals surface area contributed by atoms with Gasteiger partial charge in [0.05, 0.1) is 18.7 Å². The minimum Gasteiger partial charge on any atom is -0.457 e. The van der Waals surface area contributed by atoms with Crippen LogP contribution in [-0.2, 0) is 9.53 Å². The largest absolute Gasteiger partial charge is 0.457 e. The Hall–Kier alpha value is -2.86. The molecule has 0 atom stereocenters. The molecular formula is C18H20N2O4. The van der Waals surface area contributed by atoms with E-state index in [9.17, 15) is 9.59 Å². The molecule has 0 aromatic heterocycles. The fraction of sp³-hybridized carbons (Fsp3) is 0.222. The smallest absolute Gasteiger partial charge is 0.255 e. The third-order valence-corrected chi connectivity index (χ3v) is 3.14. The molecule has 0 fully saturated rings. The van der Waals surface area contributed by atoms with Gasteiger partial charge in [0.15, 0.2) is 0 Å². The first-order chi connectivity index (χ1) is 11.7. The molecule has 24 heavy (non-hydrogen) atoms. The van der Waals surface area contributed by atoms with Crippen molar-refractivity contribution >= 4 is 11.8 Å². The Bertz CT molecular complexity index is 674. The summed E-state index contributed by atoms with van der Waals surface area (Å²) in [5.74, 6) is 0.418. The molecule has 0 aliphatic heterocycles. The van der Waals surface area contributed by atoms with Crippen molar-refractivity contribution in [1.82, 2.24) is 10.6 Å². The Balaban J connectivity index is 1.96. The maximum atomic E-state index is 12.3. The Morgan fingerprint density at radius 1 is 0.958 bits per heavy atom. The number of carbonyl (C=O) groups excluding carboxylic acids is 2. The highest BCUT2D eigenvalue weighted by atomic mass is 16.5. The summed E-state index contributed by atoms with van der Waals surface area (Å²) in [7, 11) is 1.55. The third-order valence-electron chi connectivity index (χ3n) is 3.14. The van der Waals surface area contributed by atoms with Gasteiger partial charge in [-0.3, -0.25) is 9.59 Å². The Morgan fingerprint density at radius 3 is 2.42 bits per heavy atom. The van der Waals surface area contributed by atoms with Gasteiger partial charge in [0.25, 0.3) is 5.91 Å². The number of amides is 2. The van der Waals surface area contributed by atoms with Gasteiger partial charge in [-0.2, -0.15) is 0 Å². The van der Waals surface area contributed by atoms with E-state index >= 15 is 0 Å². The number of para-hydroxylation sites is 2. The van der Waals surface area contributed by atoms with Crippen LogP contribution >= 0.6 is 0 Å². The summed E-state index contributed by atoms with van der Waals surface area (Å²) in [6.07, 6.45) is 0. The molecule has 0 unspecified atom stereocenters. The molecule has 0 saturated heterocycles. The van der Waals surface area contributed by atoms with Gasteiger partial charge in [-0.25, -0.2) is 0 Å². The van der Waals surface area contributed by atoms with Gasteiger partial charge < -0.3 is 20.1 Å². The minimum atomic E-state index is -0.372. The predicted molar refractivity (Wildman–Crippen MR) is 90.2 cm³/mol. The number of hydrogen-bond acceptors (Lipinski definition) is 4. The molecule has 0 radical (unpaired) electrons. The van der Waals surface area contributed by atoms with Crippen molar-refractivity contribution in [2.75, 3.05) is 26.8 Å². The highest BCUT2D eigenvalue weighted by Crippen LogP contribution is 2.24. The van der Waals surface area contributed by atoms with Crippen molar-refractivity contribution in [3.63, 3.8) is 0 Å². The summed E-state index contributed by atoms with van der Waals surface area (Å²) in [5.41, 5.74) is 0.367. The first kappa shape index (κ1) is 17.5. The lowest BCUT2D eigenvalue weighted by Crippen LogP contribution is -2.38. The Morgan fingerprint density at radius 2 is 1.67 bits per heavy atom. The summed E-state index contributed by atoms with van der Waals surface area (Å²) in [6.45, 7) is 0.717. The highest BCUT2D eigenvalue weighted by molar-refractivity contribution is 5.98. The lowest BCUT2D eigenvalue weighted by molar-refractivity contribution is -0.120. The van der Waals surface area contributed by atoms with Gasteiger partial charge in [0.2, 0.25) is 5.91 Å². The molecule has 2 amide bonds. The fourth-order valence-electron chi connectivity index (χ4n) is 1.97. The SMILES string of the molecule is COCCNC(=O)CNC(=O)c1ccccc1Oc1ccccc1. The number of nitrogens with one attached hydrogen (secondary N) is 2. The van der Waals surface area contributed by atoms with E-state index in [0.29, 0.717) is 30.2 Å². The highest BCUT2D eigenvalue weighted by Gasteiger charge is 2.13. The van der Waals surface area contributed by atoms with Gasteiger partial charge in [0, 0.05) is 13.7 Å². The maximum Gasteiger partial charge on any atom is 0.255 e. The number of carbonyl (C=O) groups is 2. The molecule has 0 bridgehead atoms. The number of ether oxygens (including phenoxy) is 2. The summed E-state index contributed by atoms with van der Waals surface area (Å²) < 4.78 is 10.6. The van der Waals surface area contributed by atoms with Gasteiger partial charge in [-0.15, -0.1) is 0 Å². The molecule has 2 aromatic rings. The van der Waals surface area contributed by atoms with Crippen molar-refractivity contribution < 1.29 is 19.1 Å². The van der Waals surface area contributed by atoms with Crippen LogP contribution in [0.5, 0.6) is 11.5 Å². The predicted octanol–water partition coefficient (Wildman–Crippen LogP) is 1.97. The molecule has 0 aliphatic carbocycles. The number of hydrogen-bond donors (Lipinski definition) is 2. The van der Waals surface area contributed by atoms with Crippen LogP contribution in [0.1, 0.15) is 10.4 Å². The van der Waals surface area contributed by atoms with Crippen LogP contribution in [0.15, 0.2) is 54.6 Å². The van der Waals surface area contributed by atoms with Crippen LogP contribution in [0.3, 0.4) is 0 Å². The second kappa shape index (κ2) is 9.32. The average molecular weight is 328 g/mol. The van der Waals surface area contributed by atoms with E-state index < -0.39 is 0 Å². The van der Waals surface area contributed by atoms with Crippen LogP contribution in [-0.4, -0.2) is 38.6 Å². The first-order valence-corrected chi connectivity index (χ1v) is 7.56. The molecule has 2 N–H and O–H groups in total. The number of rotatable bonds is 8. The molecule has 0 aliphatic rings.